The lowest BCUT2D eigenvalue weighted by atomic mass is 10.1. The molecule has 1 amide bonds. The molecule has 0 atom stereocenters. The van der Waals surface area contributed by atoms with E-state index in [1.807, 2.05) is 0 Å². The molecule has 0 aromatic heterocycles. The smallest absolute Gasteiger partial charge is 0.255 e. The summed E-state index contributed by atoms with van der Waals surface area (Å²) in [4.78, 5) is 13.9. The van der Waals surface area contributed by atoms with E-state index in [4.69, 9.17) is 11.6 Å². The Hall–Kier alpha value is -1.39. The van der Waals surface area contributed by atoms with E-state index in [0.717, 1.165) is 5.56 Å². The maximum absolute atomic E-state index is 12.8. The fourth-order valence-corrected chi connectivity index (χ4v) is 2.38. The molecule has 2 aromatic carbocycles. The summed E-state index contributed by atoms with van der Waals surface area (Å²) in [6.07, 6.45) is 0. The normalized spacial score (nSPS) is 10.4. The first-order valence-electron chi connectivity index (χ1n) is 5.93. The Morgan fingerprint density at radius 1 is 1.25 bits per heavy atom. The summed E-state index contributed by atoms with van der Waals surface area (Å²) >= 11 is 9.41. The largest absolute Gasteiger partial charge is 0.337 e. The molecule has 0 saturated heterocycles. The third-order valence-electron chi connectivity index (χ3n) is 2.86. The van der Waals surface area contributed by atoms with Crippen molar-refractivity contribution in [2.45, 2.75) is 6.54 Å². The van der Waals surface area contributed by atoms with Crippen LogP contribution in [0.15, 0.2) is 46.9 Å². The van der Waals surface area contributed by atoms with E-state index >= 15 is 0 Å². The molecular weight excluding hydrogens is 345 g/mol. The second-order valence-corrected chi connectivity index (χ2v) is 5.62. The van der Waals surface area contributed by atoms with Crippen LogP contribution < -0.4 is 0 Å². The van der Waals surface area contributed by atoms with Crippen LogP contribution in [0.5, 0.6) is 0 Å². The fraction of sp³-hybridized carbons (Fsp3) is 0.133. The third kappa shape index (κ3) is 3.38. The molecule has 0 unspecified atom stereocenters. The number of hydrogen-bond acceptors (Lipinski definition) is 1. The van der Waals surface area contributed by atoms with Crippen molar-refractivity contribution >= 4 is 33.4 Å². The minimum absolute atomic E-state index is 0.180. The van der Waals surface area contributed by atoms with Gasteiger partial charge in [-0.05, 0) is 45.8 Å². The van der Waals surface area contributed by atoms with Crippen molar-refractivity contribution in [2.24, 2.45) is 0 Å². The van der Waals surface area contributed by atoms with Crippen LogP contribution in [-0.4, -0.2) is 17.9 Å². The first kappa shape index (κ1) is 15.0. The Bertz CT molecular complexity index is 630. The molecule has 104 valence electrons. The minimum atomic E-state index is -0.294. The summed E-state index contributed by atoms with van der Waals surface area (Å²) in [6.45, 7) is 0.391. The number of hydrogen-bond donors (Lipinski definition) is 0. The summed E-state index contributed by atoms with van der Waals surface area (Å²) in [5.74, 6) is -0.474. The molecule has 20 heavy (non-hydrogen) atoms. The van der Waals surface area contributed by atoms with Crippen molar-refractivity contribution in [3.05, 3.63) is 68.9 Å². The van der Waals surface area contributed by atoms with E-state index in [-0.39, 0.29) is 11.7 Å². The van der Waals surface area contributed by atoms with Crippen molar-refractivity contribution < 1.29 is 9.18 Å². The van der Waals surface area contributed by atoms with Gasteiger partial charge in [-0.1, -0.05) is 29.8 Å². The number of halogens is 3. The molecule has 0 fully saturated rings. The highest BCUT2D eigenvalue weighted by Crippen LogP contribution is 2.27. The predicted molar refractivity (Wildman–Crippen MR) is 81.3 cm³/mol. The molecule has 2 rings (SSSR count). The van der Waals surface area contributed by atoms with Crippen molar-refractivity contribution in [1.29, 1.82) is 0 Å². The summed E-state index contributed by atoms with van der Waals surface area (Å²) in [7, 11) is 1.68. The van der Waals surface area contributed by atoms with Crippen molar-refractivity contribution in [3.8, 4) is 0 Å². The van der Waals surface area contributed by atoms with Gasteiger partial charge in [0, 0.05) is 18.1 Å². The topological polar surface area (TPSA) is 20.3 Å². The molecule has 0 aliphatic rings. The fourth-order valence-electron chi connectivity index (χ4n) is 1.81. The SMILES string of the molecule is CN(Cc1ccc(F)cc1)C(=O)c1cccc(Br)c1Cl. The van der Waals surface area contributed by atoms with Crippen LogP contribution in [0, 0.1) is 5.82 Å². The molecule has 2 nitrogen and oxygen atoms in total. The monoisotopic (exact) mass is 355 g/mol. The lowest BCUT2D eigenvalue weighted by Gasteiger charge is -2.18. The maximum atomic E-state index is 12.8. The average molecular weight is 357 g/mol. The first-order chi connectivity index (χ1) is 9.49. The van der Waals surface area contributed by atoms with Gasteiger partial charge in [0.25, 0.3) is 5.91 Å². The molecule has 0 saturated carbocycles. The van der Waals surface area contributed by atoms with Crippen molar-refractivity contribution in [1.82, 2.24) is 4.90 Å². The van der Waals surface area contributed by atoms with Crippen LogP contribution in [0.25, 0.3) is 0 Å². The summed E-state index contributed by atoms with van der Waals surface area (Å²) in [6, 6.07) is 11.3. The van der Waals surface area contributed by atoms with Crippen LogP contribution in [0.3, 0.4) is 0 Å². The Balaban J connectivity index is 2.16. The number of nitrogens with zero attached hydrogens (tertiary/aromatic N) is 1. The number of carbonyl (C=O) groups is 1. The molecule has 0 aliphatic carbocycles. The van der Waals surface area contributed by atoms with Crippen molar-refractivity contribution in [3.63, 3.8) is 0 Å². The number of benzene rings is 2. The molecule has 5 heteroatoms. The molecule has 0 spiro atoms. The molecule has 0 aliphatic heterocycles. The first-order valence-corrected chi connectivity index (χ1v) is 7.10. The quantitative estimate of drug-likeness (QED) is 0.792. The van der Waals surface area contributed by atoms with E-state index < -0.39 is 0 Å². The molecule has 0 N–H and O–H groups in total. The Morgan fingerprint density at radius 2 is 1.90 bits per heavy atom. The van der Waals surface area contributed by atoms with Gasteiger partial charge in [0.15, 0.2) is 0 Å². The van der Waals surface area contributed by atoms with Gasteiger partial charge in [-0.3, -0.25) is 4.79 Å². The maximum Gasteiger partial charge on any atom is 0.255 e. The zero-order valence-electron chi connectivity index (χ0n) is 10.7. The van der Waals surface area contributed by atoms with Gasteiger partial charge in [-0.15, -0.1) is 0 Å². The lowest BCUT2D eigenvalue weighted by molar-refractivity contribution is 0.0785. The minimum Gasteiger partial charge on any atom is -0.337 e. The van der Waals surface area contributed by atoms with Crippen LogP contribution >= 0.6 is 27.5 Å². The van der Waals surface area contributed by atoms with Gasteiger partial charge >= 0.3 is 0 Å². The molecule has 0 bridgehead atoms. The van der Waals surface area contributed by atoms with E-state index in [0.29, 0.717) is 21.6 Å². The number of amides is 1. The van der Waals surface area contributed by atoms with Gasteiger partial charge in [-0.2, -0.15) is 0 Å². The average Bonchev–Trinajstić information content (AvgIpc) is 2.43. The highest BCUT2D eigenvalue weighted by molar-refractivity contribution is 9.10. The second kappa shape index (κ2) is 6.37. The van der Waals surface area contributed by atoms with Crippen molar-refractivity contribution in [2.75, 3.05) is 7.05 Å². The van der Waals surface area contributed by atoms with Gasteiger partial charge in [0.1, 0.15) is 5.82 Å². The van der Waals surface area contributed by atoms with Crippen LogP contribution in [-0.2, 0) is 6.54 Å². The second-order valence-electron chi connectivity index (χ2n) is 4.39. The zero-order chi connectivity index (χ0) is 14.7. The van der Waals surface area contributed by atoms with Gasteiger partial charge in [0.2, 0.25) is 0 Å². The standard InChI is InChI=1S/C15H12BrClFNO/c1-19(9-10-5-7-11(18)8-6-10)15(20)12-3-2-4-13(16)14(12)17/h2-8H,9H2,1H3. The lowest BCUT2D eigenvalue weighted by Crippen LogP contribution is -2.26. The predicted octanol–water partition coefficient (Wildman–Crippen LogP) is 4.51. The van der Waals surface area contributed by atoms with E-state index in [9.17, 15) is 9.18 Å². The highest BCUT2D eigenvalue weighted by atomic mass is 79.9. The third-order valence-corrected chi connectivity index (χ3v) is 4.16. The van der Waals surface area contributed by atoms with Crippen LogP contribution in [0.2, 0.25) is 5.02 Å². The van der Waals surface area contributed by atoms with Gasteiger partial charge < -0.3 is 4.90 Å². The summed E-state index contributed by atoms with van der Waals surface area (Å²) in [5.41, 5.74) is 1.29. The Kier molecular flexibility index (Phi) is 4.78. The number of rotatable bonds is 3. The van der Waals surface area contributed by atoms with E-state index in [2.05, 4.69) is 15.9 Å². The summed E-state index contributed by atoms with van der Waals surface area (Å²) in [5, 5.41) is 0.392. The molecular formula is C15H12BrClFNO. The van der Waals surface area contributed by atoms with Crippen LogP contribution in [0.1, 0.15) is 15.9 Å². The van der Waals surface area contributed by atoms with Crippen LogP contribution in [0.4, 0.5) is 4.39 Å². The molecule has 0 heterocycles. The van der Waals surface area contributed by atoms with Gasteiger partial charge in [0.05, 0.1) is 10.6 Å². The molecule has 2 aromatic rings. The van der Waals surface area contributed by atoms with Gasteiger partial charge in [-0.25, -0.2) is 4.39 Å². The highest BCUT2D eigenvalue weighted by Gasteiger charge is 2.16. The van der Waals surface area contributed by atoms with E-state index in [1.54, 1.807) is 42.3 Å². The summed E-state index contributed by atoms with van der Waals surface area (Å²) < 4.78 is 13.5. The van der Waals surface area contributed by atoms with E-state index in [1.165, 1.54) is 12.1 Å². The zero-order valence-corrected chi connectivity index (χ0v) is 13.1. The molecule has 0 radical (unpaired) electrons. The Morgan fingerprint density at radius 3 is 2.55 bits per heavy atom. The Labute approximate surface area is 130 Å². The number of carbonyl (C=O) groups excluding carboxylic acids is 1.